The largest absolute Gasteiger partial charge is 0.330 e. The Morgan fingerprint density at radius 2 is 1.81 bits per heavy atom. The molecule has 0 saturated carbocycles. The summed E-state index contributed by atoms with van der Waals surface area (Å²) in [6.45, 7) is 4.42. The van der Waals surface area contributed by atoms with Gasteiger partial charge in [-0.3, -0.25) is 4.68 Å². The van der Waals surface area contributed by atoms with Gasteiger partial charge in [-0.1, -0.05) is 28.1 Å². The van der Waals surface area contributed by atoms with E-state index in [0.717, 1.165) is 33.2 Å². The topological polar surface area (TPSA) is 41.9 Å². The predicted molar refractivity (Wildman–Crippen MR) is 111 cm³/mol. The van der Waals surface area contributed by atoms with Crippen molar-refractivity contribution in [2.24, 2.45) is 0 Å². The lowest BCUT2D eigenvalue weighted by Crippen LogP contribution is -2.20. The molecule has 8 heteroatoms. The van der Waals surface area contributed by atoms with Crippen LogP contribution in [0.1, 0.15) is 17.0 Å². The summed E-state index contributed by atoms with van der Waals surface area (Å²) in [4.78, 5) is 0. The van der Waals surface area contributed by atoms with Crippen LogP contribution >= 0.6 is 28.1 Å². The molecule has 4 nitrogen and oxygen atoms in total. The molecule has 0 aliphatic heterocycles. The molecule has 0 aliphatic carbocycles. The van der Waals surface area contributed by atoms with E-state index in [1.54, 1.807) is 0 Å². The molecule has 0 atom stereocenters. The van der Waals surface area contributed by atoms with Crippen molar-refractivity contribution in [3.05, 3.63) is 75.5 Å². The van der Waals surface area contributed by atoms with Crippen LogP contribution in [0.15, 0.2) is 46.9 Å². The number of rotatable bonds is 4. The number of nitrogens with one attached hydrogen (secondary N) is 2. The van der Waals surface area contributed by atoms with Crippen molar-refractivity contribution in [3.8, 4) is 0 Å². The van der Waals surface area contributed by atoms with Crippen LogP contribution in [0.4, 0.5) is 20.2 Å². The van der Waals surface area contributed by atoms with Crippen LogP contribution in [0.25, 0.3) is 0 Å². The SMILES string of the molecule is Cc1nn(Cc2ccc(Br)cc2)c(C)c1NC(=S)Nc1ccc(F)cc1F. The van der Waals surface area contributed by atoms with E-state index in [4.69, 9.17) is 12.2 Å². The van der Waals surface area contributed by atoms with E-state index in [0.29, 0.717) is 6.54 Å². The summed E-state index contributed by atoms with van der Waals surface area (Å²) in [5.41, 5.74) is 3.65. The molecule has 0 saturated heterocycles. The summed E-state index contributed by atoms with van der Waals surface area (Å²) in [5.74, 6) is -1.35. The molecule has 0 aliphatic rings. The lowest BCUT2D eigenvalue weighted by Gasteiger charge is -2.12. The minimum atomic E-state index is -0.710. The average Bonchev–Trinajstić information content (AvgIpc) is 2.87. The van der Waals surface area contributed by atoms with Gasteiger partial charge in [0.05, 0.1) is 29.3 Å². The second-order valence-corrected chi connectivity index (χ2v) is 7.36. The Balaban J connectivity index is 1.74. The Morgan fingerprint density at radius 3 is 2.48 bits per heavy atom. The highest BCUT2D eigenvalue weighted by atomic mass is 79.9. The number of hydrogen-bond acceptors (Lipinski definition) is 2. The first-order chi connectivity index (χ1) is 12.8. The smallest absolute Gasteiger partial charge is 0.175 e. The van der Waals surface area contributed by atoms with Crippen LogP contribution in [-0.4, -0.2) is 14.9 Å². The van der Waals surface area contributed by atoms with E-state index < -0.39 is 11.6 Å². The first-order valence-corrected chi connectivity index (χ1v) is 9.35. The quantitative estimate of drug-likeness (QED) is 0.522. The molecule has 0 unspecified atom stereocenters. The molecule has 1 heterocycles. The number of aromatic nitrogens is 2. The highest BCUT2D eigenvalue weighted by molar-refractivity contribution is 9.10. The number of aryl methyl sites for hydroxylation is 1. The van der Waals surface area contributed by atoms with E-state index in [1.807, 2.05) is 42.8 Å². The fourth-order valence-electron chi connectivity index (χ4n) is 2.65. The van der Waals surface area contributed by atoms with Crippen molar-refractivity contribution >= 4 is 44.6 Å². The Bertz CT molecular complexity index is 986. The molecular formula is C19H17BrF2N4S. The van der Waals surface area contributed by atoms with Crippen molar-refractivity contribution in [1.29, 1.82) is 0 Å². The molecule has 0 fully saturated rings. The van der Waals surface area contributed by atoms with Crippen molar-refractivity contribution in [2.45, 2.75) is 20.4 Å². The van der Waals surface area contributed by atoms with Gasteiger partial charge in [0.15, 0.2) is 5.11 Å². The van der Waals surface area contributed by atoms with E-state index in [-0.39, 0.29) is 10.8 Å². The Labute approximate surface area is 169 Å². The van der Waals surface area contributed by atoms with Crippen molar-refractivity contribution < 1.29 is 8.78 Å². The molecule has 0 spiro atoms. The third kappa shape index (κ3) is 4.70. The molecule has 1 aromatic heterocycles. The van der Waals surface area contributed by atoms with Crippen LogP contribution in [0.2, 0.25) is 0 Å². The number of nitrogens with zero attached hydrogens (tertiary/aromatic N) is 2. The molecule has 2 aromatic carbocycles. The van der Waals surface area contributed by atoms with Gasteiger partial charge < -0.3 is 10.6 Å². The monoisotopic (exact) mass is 450 g/mol. The van der Waals surface area contributed by atoms with Crippen LogP contribution < -0.4 is 10.6 Å². The number of anilines is 2. The molecule has 0 radical (unpaired) electrons. The highest BCUT2D eigenvalue weighted by Gasteiger charge is 2.14. The summed E-state index contributed by atoms with van der Waals surface area (Å²) < 4.78 is 29.7. The van der Waals surface area contributed by atoms with E-state index in [1.165, 1.54) is 12.1 Å². The first-order valence-electron chi connectivity index (χ1n) is 8.15. The maximum absolute atomic E-state index is 13.8. The number of benzene rings is 2. The summed E-state index contributed by atoms with van der Waals surface area (Å²) in [6.07, 6.45) is 0. The summed E-state index contributed by atoms with van der Waals surface area (Å²) >= 11 is 8.68. The third-order valence-electron chi connectivity index (χ3n) is 4.04. The molecule has 2 N–H and O–H groups in total. The molecule has 0 bridgehead atoms. The van der Waals surface area contributed by atoms with E-state index >= 15 is 0 Å². The van der Waals surface area contributed by atoms with E-state index in [9.17, 15) is 8.78 Å². The number of halogens is 3. The van der Waals surface area contributed by atoms with Gasteiger partial charge in [0.2, 0.25) is 0 Å². The predicted octanol–water partition coefficient (Wildman–Crippen LogP) is 5.40. The summed E-state index contributed by atoms with van der Waals surface area (Å²) in [7, 11) is 0. The molecular weight excluding hydrogens is 434 g/mol. The van der Waals surface area contributed by atoms with Gasteiger partial charge in [0, 0.05) is 10.5 Å². The molecule has 140 valence electrons. The van der Waals surface area contributed by atoms with E-state index in [2.05, 4.69) is 31.7 Å². The van der Waals surface area contributed by atoms with Gasteiger partial charge >= 0.3 is 0 Å². The highest BCUT2D eigenvalue weighted by Crippen LogP contribution is 2.22. The molecule has 27 heavy (non-hydrogen) atoms. The van der Waals surface area contributed by atoms with Gasteiger partial charge in [-0.25, -0.2) is 8.78 Å². The fraction of sp³-hybridized carbons (Fsp3) is 0.158. The van der Waals surface area contributed by atoms with Crippen molar-refractivity contribution in [2.75, 3.05) is 10.6 Å². The average molecular weight is 451 g/mol. The Morgan fingerprint density at radius 1 is 1.11 bits per heavy atom. The van der Waals surface area contributed by atoms with Crippen LogP contribution in [0.5, 0.6) is 0 Å². The van der Waals surface area contributed by atoms with Crippen molar-refractivity contribution in [1.82, 2.24) is 9.78 Å². The Hall–Kier alpha value is -2.32. The maximum Gasteiger partial charge on any atom is 0.175 e. The first kappa shape index (κ1) is 19.4. The zero-order chi connectivity index (χ0) is 19.6. The third-order valence-corrected chi connectivity index (χ3v) is 4.78. The molecule has 3 rings (SSSR count). The molecule has 0 amide bonds. The van der Waals surface area contributed by atoms with Crippen LogP contribution in [0, 0.1) is 25.5 Å². The maximum atomic E-state index is 13.8. The summed E-state index contributed by atoms with van der Waals surface area (Å²) in [6, 6.07) is 11.3. The van der Waals surface area contributed by atoms with Gasteiger partial charge in [0.1, 0.15) is 11.6 Å². The Kier molecular flexibility index (Phi) is 5.86. The zero-order valence-electron chi connectivity index (χ0n) is 14.7. The normalized spacial score (nSPS) is 10.7. The van der Waals surface area contributed by atoms with Crippen LogP contribution in [-0.2, 0) is 6.54 Å². The fourth-order valence-corrected chi connectivity index (χ4v) is 3.13. The summed E-state index contributed by atoms with van der Waals surface area (Å²) in [5, 5.41) is 10.5. The lowest BCUT2D eigenvalue weighted by molar-refractivity contribution is 0.586. The van der Waals surface area contributed by atoms with Gasteiger partial charge in [-0.15, -0.1) is 0 Å². The standard InChI is InChI=1S/C19H17BrF2N4S/c1-11-18(24-19(27)23-17-8-7-15(21)9-16(17)22)12(2)26(25-11)10-13-3-5-14(20)6-4-13/h3-9H,10H2,1-2H3,(H2,23,24,27). The zero-order valence-corrected chi connectivity index (χ0v) is 17.1. The second kappa shape index (κ2) is 8.14. The van der Waals surface area contributed by atoms with Gasteiger partial charge in [0.25, 0.3) is 0 Å². The van der Waals surface area contributed by atoms with Gasteiger partial charge in [-0.2, -0.15) is 5.10 Å². The lowest BCUT2D eigenvalue weighted by atomic mass is 10.2. The molecule has 3 aromatic rings. The minimum Gasteiger partial charge on any atom is -0.330 e. The number of hydrogen-bond donors (Lipinski definition) is 2. The van der Waals surface area contributed by atoms with Crippen molar-refractivity contribution in [3.63, 3.8) is 0 Å². The van der Waals surface area contributed by atoms with Crippen LogP contribution in [0.3, 0.4) is 0 Å². The number of thiocarbonyl (C=S) groups is 1. The second-order valence-electron chi connectivity index (χ2n) is 6.03. The van der Waals surface area contributed by atoms with Gasteiger partial charge in [-0.05, 0) is 55.9 Å². The minimum absolute atomic E-state index is 0.103.